The molecule has 0 saturated carbocycles. The van der Waals surface area contributed by atoms with Gasteiger partial charge in [-0.1, -0.05) is 6.92 Å². The van der Waals surface area contributed by atoms with Crippen LogP contribution in [0.25, 0.3) is 0 Å². The first kappa shape index (κ1) is 13.8. The van der Waals surface area contributed by atoms with Gasteiger partial charge in [0, 0.05) is 26.2 Å². The second-order valence-corrected chi connectivity index (χ2v) is 4.52. The van der Waals surface area contributed by atoms with Gasteiger partial charge in [-0.15, -0.1) is 0 Å². The Labute approximate surface area is 110 Å². The quantitative estimate of drug-likeness (QED) is 0.742. The number of aromatic hydroxyl groups is 1. The lowest BCUT2D eigenvalue weighted by Gasteiger charge is -2.26. The first-order chi connectivity index (χ1) is 9.13. The Balaban J connectivity index is 2.15. The predicted molar refractivity (Wildman–Crippen MR) is 69.6 cm³/mol. The molecule has 0 atom stereocenters. The number of rotatable bonds is 4. The second kappa shape index (κ2) is 6.03. The fraction of sp³-hybridized carbons (Fsp3) is 0.667. The maximum atomic E-state index is 11.7. The van der Waals surface area contributed by atoms with Crippen molar-refractivity contribution in [2.45, 2.75) is 19.9 Å². The summed E-state index contributed by atoms with van der Waals surface area (Å²) in [5.41, 5.74) is -0.817. The highest BCUT2D eigenvalue weighted by atomic mass is 16.5. The molecular weight excluding hydrogens is 250 g/mol. The zero-order chi connectivity index (χ0) is 13.8. The van der Waals surface area contributed by atoms with Crippen LogP contribution < -0.4 is 11.2 Å². The zero-order valence-electron chi connectivity index (χ0n) is 11.0. The fourth-order valence-electron chi connectivity index (χ4n) is 2.19. The SMILES string of the molecule is CCc1c(O)n(CCN2CCOCC2)c(=O)[nH]c1=O. The standard InChI is InChI=1S/C12H19N3O4/c1-2-9-10(16)13-12(18)15(11(9)17)4-3-14-5-7-19-8-6-14/h17H,2-8H2,1H3,(H,13,16,18). The van der Waals surface area contributed by atoms with Gasteiger partial charge in [0.1, 0.15) is 0 Å². The van der Waals surface area contributed by atoms with E-state index in [4.69, 9.17) is 4.74 Å². The molecule has 1 saturated heterocycles. The third-order valence-electron chi connectivity index (χ3n) is 3.36. The first-order valence-electron chi connectivity index (χ1n) is 6.48. The van der Waals surface area contributed by atoms with E-state index in [9.17, 15) is 14.7 Å². The van der Waals surface area contributed by atoms with Crippen molar-refractivity contribution in [3.8, 4) is 5.88 Å². The van der Waals surface area contributed by atoms with Gasteiger partial charge in [0.2, 0.25) is 5.88 Å². The Morgan fingerprint density at radius 3 is 2.58 bits per heavy atom. The van der Waals surface area contributed by atoms with Crippen molar-refractivity contribution in [1.82, 2.24) is 14.5 Å². The monoisotopic (exact) mass is 269 g/mol. The van der Waals surface area contributed by atoms with E-state index < -0.39 is 11.2 Å². The van der Waals surface area contributed by atoms with Crippen molar-refractivity contribution in [3.63, 3.8) is 0 Å². The average Bonchev–Trinajstić information content (AvgIpc) is 2.39. The third kappa shape index (κ3) is 3.05. The Hall–Kier alpha value is -1.60. The number of morpholine rings is 1. The minimum atomic E-state index is -0.562. The Bertz CT molecular complexity index is 543. The summed E-state index contributed by atoms with van der Waals surface area (Å²) in [6.07, 6.45) is 0.388. The van der Waals surface area contributed by atoms with E-state index in [1.807, 2.05) is 0 Å². The molecule has 2 N–H and O–H groups in total. The normalized spacial score (nSPS) is 16.7. The summed E-state index contributed by atoms with van der Waals surface area (Å²) in [5, 5.41) is 9.98. The molecule has 1 aliphatic rings. The van der Waals surface area contributed by atoms with Crippen molar-refractivity contribution >= 4 is 0 Å². The number of nitrogens with one attached hydrogen (secondary N) is 1. The molecule has 1 aromatic rings. The second-order valence-electron chi connectivity index (χ2n) is 4.52. The number of hydrogen-bond acceptors (Lipinski definition) is 5. The van der Waals surface area contributed by atoms with Crippen LogP contribution in [0.1, 0.15) is 12.5 Å². The number of aromatic nitrogens is 2. The molecule has 0 amide bonds. The molecule has 0 bridgehead atoms. The number of nitrogens with zero attached hydrogens (tertiary/aromatic N) is 2. The third-order valence-corrected chi connectivity index (χ3v) is 3.36. The Morgan fingerprint density at radius 2 is 1.95 bits per heavy atom. The van der Waals surface area contributed by atoms with Gasteiger partial charge in [0.25, 0.3) is 5.56 Å². The Kier molecular flexibility index (Phi) is 4.39. The van der Waals surface area contributed by atoms with Crippen LogP contribution >= 0.6 is 0 Å². The van der Waals surface area contributed by atoms with Crippen molar-refractivity contribution in [1.29, 1.82) is 0 Å². The van der Waals surface area contributed by atoms with Gasteiger partial charge in [-0.3, -0.25) is 19.2 Å². The van der Waals surface area contributed by atoms with Gasteiger partial charge in [0.05, 0.1) is 18.8 Å². The van der Waals surface area contributed by atoms with Crippen LogP contribution in [0.2, 0.25) is 0 Å². The lowest BCUT2D eigenvalue weighted by Crippen LogP contribution is -2.40. The molecule has 0 radical (unpaired) electrons. The number of ether oxygens (including phenoxy) is 1. The highest BCUT2D eigenvalue weighted by Crippen LogP contribution is 2.10. The van der Waals surface area contributed by atoms with Gasteiger partial charge in [-0.2, -0.15) is 0 Å². The van der Waals surface area contributed by atoms with Crippen LogP contribution in [0, 0.1) is 0 Å². The van der Waals surface area contributed by atoms with Crippen LogP contribution in [-0.2, 0) is 17.7 Å². The van der Waals surface area contributed by atoms with Gasteiger partial charge in [-0.05, 0) is 6.42 Å². The van der Waals surface area contributed by atoms with E-state index in [2.05, 4.69) is 9.88 Å². The molecule has 7 nitrogen and oxygen atoms in total. The maximum Gasteiger partial charge on any atom is 0.331 e. The topological polar surface area (TPSA) is 87.6 Å². The molecule has 0 aromatic carbocycles. The molecule has 1 aromatic heterocycles. The molecule has 0 unspecified atom stereocenters. The van der Waals surface area contributed by atoms with Crippen molar-refractivity contribution < 1.29 is 9.84 Å². The zero-order valence-corrected chi connectivity index (χ0v) is 11.0. The van der Waals surface area contributed by atoms with E-state index in [-0.39, 0.29) is 11.4 Å². The maximum absolute atomic E-state index is 11.7. The van der Waals surface area contributed by atoms with Crippen molar-refractivity contribution in [2.75, 3.05) is 32.8 Å². The van der Waals surface area contributed by atoms with Crippen LogP contribution in [-0.4, -0.2) is 52.4 Å². The molecule has 2 heterocycles. The number of H-pyrrole nitrogens is 1. The fourth-order valence-corrected chi connectivity index (χ4v) is 2.19. The summed E-state index contributed by atoms with van der Waals surface area (Å²) >= 11 is 0. The smallest absolute Gasteiger partial charge is 0.331 e. The van der Waals surface area contributed by atoms with Gasteiger partial charge < -0.3 is 9.84 Å². The average molecular weight is 269 g/mol. The summed E-state index contributed by atoms with van der Waals surface area (Å²) in [5.74, 6) is -0.218. The summed E-state index contributed by atoms with van der Waals surface area (Å²) in [4.78, 5) is 27.6. The number of aromatic amines is 1. The van der Waals surface area contributed by atoms with E-state index in [1.165, 1.54) is 4.57 Å². The molecule has 0 spiro atoms. The van der Waals surface area contributed by atoms with Crippen molar-refractivity contribution in [2.24, 2.45) is 0 Å². The van der Waals surface area contributed by atoms with E-state index >= 15 is 0 Å². The molecule has 1 aliphatic heterocycles. The molecule has 19 heavy (non-hydrogen) atoms. The lowest BCUT2D eigenvalue weighted by atomic mass is 10.2. The molecular formula is C12H19N3O4. The molecule has 106 valence electrons. The lowest BCUT2D eigenvalue weighted by molar-refractivity contribution is 0.0359. The molecule has 2 rings (SSSR count). The Morgan fingerprint density at radius 1 is 1.26 bits per heavy atom. The van der Waals surface area contributed by atoms with E-state index in [0.717, 1.165) is 13.1 Å². The van der Waals surface area contributed by atoms with Crippen LogP contribution in [0.4, 0.5) is 0 Å². The summed E-state index contributed by atoms with van der Waals surface area (Å²) in [6.45, 7) is 5.78. The van der Waals surface area contributed by atoms with E-state index in [0.29, 0.717) is 32.7 Å². The van der Waals surface area contributed by atoms with Gasteiger partial charge in [0.15, 0.2) is 0 Å². The predicted octanol–water partition coefficient (Wildman–Crippen LogP) is -0.863. The van der Waals surface area contributed by atoms with Crippen LogP contribution in [0.5, 0.6) is 5.88 Å². The molecule has 1 fully saturated rings. The summed E-state index contributed by atoms with van der Waals surface area (Å²) in [6, 6.07) is 0. The van der Waals surface area contributed by atoms with Crippen LogP contribution in [0.3, 0.4) is 0 Å². The summed E-state index contributed by atoms with van der Waals surface area (Å²) < 4.78 is 6.46. The number of hydrogen-bond donors (Lipinski definition) is 2. The van der Waals surface area contributed by atoms with Gasteiger partial charge >= 0.3 is 5.69 Å². The minimum Gasteiger partial charge on any atom is -0.494 e. The highest BCUT2D eigenvalue weighted by Gasteiger charge is 2.15. The van der Waals surface area contributed by atoms with Gasteiger partial charge in [-0.25, -0.2) is 4.79 Å². The molecule has 7 heteroatoms. The highest BCUT2D eigenvalue weighted by molar-refractivity contribution is 5.22. The van der Waals surface area contributed by atoms with E-state index in [1.54, 1.807) is 6.92 Å². The molecule has 0 aliphatic carbocycles. The van der Waals surface area contributed by atoms with Crippen LogP contribution in [0.15, 0.2) is 9.59 Å². The first-order valence-corrected chi connectivity index (χ1v) is 6.48. The minimum absolute atomic E-state index is 0.218. The summed E-state index contributed by atoms with van der Waals surface area (Å²) in [7, 11) is 0. The largest absolute Gasteiger partial charge is 0.494 e. The van der Waals surface area contributed by atoms with Crippen molar-refractivity contribution in [3.05, 3.63) is 26.4 Å².